The molecule has 0 radical (unpaired) electrons. The van der Waals surface area contributed by atoms with Gasteiger partial charge in [-0.1, -0.05) is 0 Å². The van der Waals surface area contributed by atoms with E-state index in [0.29, 0.717) is 37.6 Å². The molecule has 0 atom stereocenters. The Labute approximate surface area is 159 Å². The van der Waals surface area contributed by atoms with E-state index in [0.717, 1.165) is 5.56 Å². The summed E-state index contributed by atoms with van der Waals surface area (Å²) in [4.78, 5) is 15.8. The summed E-state index contributed by atoms with van der Waals surface area (Å²) in [7, 11) is 1.17. The van der Waals surface area contributed by atoms with Gasteiger partial charge in [0.1, 0.15) is 0 Å². The van der Waals surface area contributed by atoms with Gasteiger partial charge in [-0.2, -0.15) is 0 Å². The zero-order valence-corrected chi connectivity index (χ0v) is 16.1. The third-order valence-corrected chi connectivity index (χ3v) is 3.92. The summed E-state index contributed by atoms with van der Waals surface area (Å²) in [5, 5.41) is 11.3. The van der Waals surface area contributed by atoms with Gasteiger partial charge < -0.3 is 0 Å². The first-order chi connectivity index (χ1) is 12.7. The van der Waals surface area contributed by atoms with Crippen molar-refractivity contribution in [3.05, 3.63) is 29.6 Å². The SMILES string of the molecule is Cc1ccc(N2CCN(C(=BOC#N)NC(=O)OC(C)(C)C)CC2)c(F)c1. The van der Waals surface area contributed by atoms with Gasteiger partial charge >= 0.3 is 159 Å². The van der Waals surface area contributed by atoms with Crippen molar-refractivity contribution >= 4 is 24.6 Å². The molecule has 0 unspecified atom stereocenters. The number of carbonyl (C=O) groups excluding carboxylic acids is 1. The van der Waals surface area contributed by atoms with Gasteiger partial charge in [-0.05, 0) is 0 Å². The quantitative estimate of drug-likeness (QED) is 0.642. The fourth-order valence-corrected chi connectivity index (χ4v) is 2.73. The van der Waals surface area contributed by atoms with E-state index < -0.39 is 11.7 Å². The second-order valence-electron chi connectivity index (χ2n) is 7.27. The van der Waals surface area contributed by atoms with Crippen LogP contribution in [-0.4, -0.2) is 55.6 Å². The molecule has 7 nitrogen and oxygen atoms in total. The molecule has 1 aliphatic heterocycles. The Hall–Kier alpha value is -2.76. The maximum absolute atomic E-state index is 14.2. The van der Waals surface area contributed by atoms with Gasteiger partial charge in [-0.25, -0.2) is 0 Å². The van der Waals surface area contributed by atoms with Crippen LogP contribution < -0.4 is 10.2 Å². The fraction of sp³-hybridized carbons (Fsp3) is 0.500. The van der Waals surface area contributed by atoms with Crippen LogP contribution in [0.15, 0.2) is 18.2 Å². The third kappa shape index (κ3) is 6.17. The van der Waals surface area contributed by atoms with Gasteiger partial charge in [0.15, 0.2) is 0 Å². The molecule has 144 valence electrons. The van der Waals surface area contributed by atoms with Crippen molar-refractivity contribution in [3.8, 4) is 6.26 Å². The van der Waals surface area contributed by atoms with Gasteiger partial charge in [0, 0.05) is 0 Å². The summed E-state index contributed by atoms with van der Waals surface area (Å²) >= 11 is 0. The normalized spacial score (nSPS) is 14.9. The standard InChI is InChI=1S/C18H24BFN4O3/c1-13-5-6-15(14(20)11-13)23-7-9-24(10-8-23)16(19-26-12-21)22-17(25)27-18(2,3)4/h5-6,11H,7-10H2,1-4H3,(H,22,25). The van der Waals surface area contributed by atoms with Crippen LogP contribution in [-0.2, 0) is 9.39 Å². The number of halogens is 1. The van der Waals surface area contributed by atoms with E-state index in [9.17, 15) is 9.18 Å². The predicted molar refractivity (Wildman–Crippen MR) is 102 cm³/mol. The Kier molecular flexibility index (Phi) is 6.67. The fourth-order valence-electron chi connectivity index (χ4n) is 2.73. The molecule has 1 saturated heterocycles. The molecule has 1 aromatic rings. The van der Waals surface area contributed by atoms with Crippen LogP contribution in [0.5, 0.6) is 0 Å². The van der Waals surface area contributed by atoms with E-state index in [1.54, 1.807) is 33.1 Å². The Balaban J connectivity index is 2.03. The van der Waals surface area contributed by atoms with Crippen LogP contribution in [0.4, 0.5) is 14.9 Å². The zero-order chi connectivity index (χ0) is 20.0. The van der Waals surface area contributed by atoms with Crippen molar-refractivity contribution in [2.24, 2.45) is 0 Å². The molecule has 1 fully saturated rings. The number of carbonyl (C=O) groups is 1. The molecule has 0 saturated carbocycles. The Bertz CT molecular complexity index is 750. The minimum absolute atomic E-state index is 0.251. The number of nitriles is 1. The number of aryl methyl sites for hydroxylation is 1. The molecule has 9 heteroatoms. The van der Waals surface area contributed by atoms with Gasteiger partial charge in [0.25, 0.3) is 0 Å². The van der Waals surface area contributed by atoms with Crippen LogP contribution in [0, 0.1) is 24.3 Å². The molecule has 27 heavy (non-hydrogen) atoms. The summed E-state index contributed by atoms with van der Waals surface area (Å²) in [5.41, 5.74) is 1.11. The molecule has 1 N–H and O–H groups in total. The van der Waals surface area contributed by atoms with E-state index in [-0.39, 0.29) is 5.82 Å². The van der Waals surface area contributed by atoms with E-state index in [1.165, 1.54) is 13.2 Å². The molecule has 1 aliphatic rings. The van der Waals surface area contributed by atoms with Crippen LogP contribution >= 0.6 is 0 Å². The first-order valence-corrected chi connectivity index (χ1v) is 8.70. The van der Waals surface area contributed by atoms with Crippen molar-refractivity contribution in [1.82, 2.24) is 10.2 Å². The topological polar surface area (TPSA) is 77.8 Å². The van der Waals surface area contributed by atoms with E-state index in [2.05, 4.69) is 9.97 Å². The van der Waals surface area contributed by atoms with Gasteiger partial charge in [-0.15, -0.1) is 0 Å². The Morgan fingerprint density at radius 1 is 1.30 bits per heavy atom. The van der Waals surface area contributed by atoms with Gasteiger partial charge in [0.05, 0.1) is 0 Å². The van der Waals surface area contributed by atoms with E-state index in [4.69, 9.17) is 10.00 Å². The number of nitrogens with one attached hydrogen (secondary N) is 1. The number of benzene rings is 1. The second kappa shape index (κ2) is 8.76. The number of amides is 1. The number of nitrogens with zero attached hydrogens (tertiary/aromatic N) is 3. The van der Waals surface area contributed by atoms with Crippen molar-refractivity contribution in [1.29, 1.82) is 5.26 Å². The van der Waals surface area contributed by atoms with Crippen molar-refractivity contribution < 1.29 is 18.6 Å². The summed E-state index contributed by atoms with van der Waals surface area (Å²) in [5.74, 6) is -0.251. The number of hydrogen-bond donors (Lipinski definition) is 1. The Morgan fingerprint density at radius 3 is 2.52 bits per heavy atom. The van der Waals surface area contributed by atoms with Crippen molar-refractivity contribution in [2.45, 2.75) is 33.3 Å². The first-order valence-electron chi connectivity index (χ1n) is 8.70. The number of ether oxygens (including phenoxy) is 1. The summed E-state index contributed by atoms with van der Waals surface area (Å²) in [6.45, 7) is 9.27. The molecule has 0 bridgehead atoms. The van der Waals surface area contributed by atoms with Crippen LogP contribution in [0.25, 0.3) is 0 Å². The second-order valence-corrected chi connectivity index (χ2v) is 7.27. The summed E-state index contributed by atoms with van der Waals surface area (Å²) in [6.07, 6.45) is 0.914. The number of alkyl carbamates (subject to hydrolysis) is 1. The van der Waals surface area contributed by atoms with Gasteiger partial charge in [-0.3, -0.25) is 0 Å². The Morgan fingerprint density at radius 2 is 1.96 bits per heavy atom. The molecule has 1 heterocycles. The molecule has 1 amide bonds. The predicted octanol–water partition coefficient (Wildman–Crippen LogP) is 1.99. The zero-order valence-electron chi connectivity index (χ0n) is 16.1. The summed E-state index contributed by atoms with van der Waals surface area (Å²) in [6, 6.07) is 5.16. The number of hydrogen-bond acceptors (Lipinski definition) is 6. The van der Waals surface area contributed by atoms with E-state index >= 15 is 0 Å². The van der Waals surface area contributed by atoms with E-state index in [1.807, 2.05) is 22.8 Å². The monoisotopic (exact) mass is 374 g/mol. The maximum atomic E-state index is 14.2. The molecule has 0 aromatic heterocycles. The molecule has 1 aromatic carbocycles. The van der Waals surface area contributed by atoms with Crippen molar-refractivity contribution in [2.75, 3.05) is 31.1 Å². The summed E-state index contributed by atoms with van der Waals surface area (Å²) < 4.78 is 24.1. The molecule has 0 aliphatic carbocycles. The molecule has 2 rings (SSSR count). The average Bonchev–Trinajstić information content (AvgIpc) is 2.57. The number of rotatable bonds is 4. The molecule has 0 spiro atoms. The number of piperazine rings is 1. The van der Waals surface area contributed by atoms with Crippen LogP contribution in [0.1, 0.15) is 26.3 Å². The van der Waals surface area contributed by atoms with Gasteiger partial charge in [0.2, 0.25) is 0 Å². The first kappa shape index (κ1) is 20.6. The van der Waals surface area contributed by atoms with Crippen LogP contribution in [0.3, 0.4) is 0 Å². The van der Waals surface area contributed by atoms with Crippen LogP contribution in [0.2, 0.25) is 0 Å². The number of anilines is 1. The average molecular weight is 374 g/mol. The molecular formula is C18H24BFN4O3. The molecular weight excluding hydrogens is 350 g/mol. The minimum atomic E-state index is -0.646. The van der Waals surface area contributed by atoms with Crippen molar-refractivity contribution in [3.63, 3.8) is 0 Å². The third-order valence-electron chi connectivity index (χ3n) is 3.92.